The lowest BCUT2D eigenvalue weighted by Crippen LogP contribution is -2.67. The number of rotatable bonds is 3. The summed E-state index contributed by atoms with van der Waals surface area (Å²) in [4.78, 5) is 19.8. The van der Waals surface area contributed by atoms with Crippen LogP contribution in [0.4, 0.5) is 0 Å². The number of thioether (sulfide) groups is 1. The molecule has 1 aliphatic carbocycles. The van der Waals surface area contributed by atoms with E-state index in [0.29, 0.717) is 12.3 Å². The summed E-state index contributed by atoms with van der Waals surface area (Å²) >= 11 is 1.61. The van der Waals surface area contributed by atoms with Crippen molar-refractivity contribution in [3.05, 3.63) is 11.1 Å². The molecule has 1 atom stereocenters. The van der Waals surface area contributed by atoms with Gasteiger partial charge < -0.3 is 4.90 Å². The fraction of sp³-hybridized carbons (Fsp3) is 0.733. The van der Waals surface area contributed by atoms with Gasteiger partial charge in [0.1, 0.15) is 18.4 Å². The average Bonchev–Trinajstić information content (AvgIpc) is 2.92. The number of carbonyl (C=O) groups is 1. The third kappa shape index (κ3) is 2.83. The Labute approximate surface area is 135 Å². The largest absolute Gasteiger partial charge is 0.331 e. The van der Waals surface area contributed by atoms with Gasteiger partial charge in [0.05, 0.1) is 11.9 Å². The van der Waals surface area contributed by atoms with Crippen LogP contribution in [-0.2, 0) is 9.63 Å². The molecule has 6 nitrogen and oxygen atoms in total. The van der Waals surface area contributed by atoms with Gasteiger partial charge in [-0.1, -0.05) is 12.1 Å². The SMILES string of the molecule is CC(=O)N(C1CCC(C)CC1)N1OCC1N1CSC=C1C#N. The quantitative estimate of drug-likeness (QED) is 0.794. The van der Waals surface area contributed by atoms with Gasteiger partial charge in [0.25, 0.3) is 0 Å². The number of nitriles is 1. The molecule has 0 aromatic heterocycles. The molecule has 1 saturated carbocycles. The van der Waals surface area contributed by atoms with E-state index in [1.165, 1.54) is 0 Å². The number of hydrogen-bond acceptors (Lipinski definition) is 6. The number of hydroxylamine groups is 1. The Hall–Kier alpha value is -1.23. The summed E-state index contributed by atoms with van der Waals surface area (Å²) in [6.07, 6.45) is 4.28. The first-order chi connectivity index (χ1) is 10.6. The highest BCUT2D eigenvalue weighted by Gasteiger charge is 2.44. The molecule has 0 aromatic carbocycles. The zero-order valence-electron chi connectivity index (χ0n) is 13.1. The van der Waals surface area contributed by atoms with E-state index in [1.54, 1.807) is 28.9 Å². The highest BCUT2D eigenvalue weighted by molar-refractivity contribution is 8.02. The van der Waals surface area contributed by atoms with E-state index in [4.69, 9.17) is 4.84 Å². The van der Waals surface area contributed by atoms with Gasteiger partial charge in [0.15, 0.2) is 6.17 Å². The van der Waals surface area contributed by atoms with Crippen molar-refractivity contribution < 1.29 is 9.63 Å². The Morgan fingerprint density at radius 3 is 2.73 bits per heavy atom. The second kappa shape index (κ2) is 6.49. The molecular weight excluding hydrogens is 300 g/mol. The zero-order chi connectivity index (χ0) is 15.7. The number of hydrogen-bond donors (Lipinski definition) is 0. The van der Waals surface area contributed by atoms with Gasteiger partial charge in [-0.2, -0.15) is 5.26 Å². The van der Waals surface area contributed by atoms with E-state index in [0.717, 1.165) is 37.5 Å². The number of nitrogens with zero attached hydrogens (tertiary/aromatic N) is 4. The van der Waals surface area contributed by atoms with E-state index < -0.39 is 0 Å². The standard InChI is InChI=1S/C15H22N4O2S/c1-11-3-5-13(6-4-11)18(12(2)20)19-15(8-21-19)17-10-22-9-14(17)7-16/h9,11,13,15H,3-6,8,10H2,1-2H3. The zero-order valence-corrected chi connectivity index (χ0v) is 13.9. The Morgan fingerprint density at radius 2 is 2.18 bits per heavy atom. The fourth-order valence-electron chi connectivity index (χ4n) is 3.34. The van der Waals surface area contributed by atoms with Crippen LogP contribution in [0.1, 0.15) is 39.5 Å². The Bertz CT molecular complexity index is 510. The van der Waals surface area contributed by atoms with Crippen molar-refractivity contribution in [3.8, 4) is 6.07 Å². The molecule has 0 N–H and O–H groups in total. The van der Waals surface area contributed by atoms with Gasteiger partial charge in [0.2, 0.25) is 5.91 Å². The van der Waals surface area contributed by atoms with Gasteiger partial charge in [0, 0.05) is 12.3 Å². The van der Waals surface area contributed by atoms with Crippen molar-refractivity contribution in [1.29, 1.82) is 5.26 Å². The van der Waals surface area contributed by atoms with E-state index in [9.17, 15) is 10.1 Å². The Kier molecular flexibility index (Phi) is 4.62. The van der Waals surface area contributed by atoms with Crippen molar-refractivity contribution in [2.24, 2.45) is 5.92 Å². The van der Waals surface area contributed by atoms with Crippen LogP contribution >= 0.6 is 11.8 Å². The minimum absolute atomic E-state index is 0.0126. The van der Waals surface area contributed by atoms with Crippen LogP contribution in [0.5, 0.6) is 0 Å². The Morgan fingerprint density at radius 1 is 1.45 bits per heavy atom. The first kappa shape index (κ1) is 15.7. The molecule has 0 spiro atoms. The molecule has 0 bridgehead atoms. The van der Waals surface area contributed by atoms with Crippen LogP contribution in [0.15, 0.2) is 11.1 Å². The van der Waals surface area contributed by atoms with Gasteiger partial charge >= 0.3 is 0 Å². The second-order valence-electron chi connectivity index (χ2n) is 6.24. The molecule has 2 heterocycles. The minimum atomic E-state index is -0.0517. The lowest BCUT2D eigenvalue weighted by atomic mass is 9.87. The highest BCUT2D eigenvalue weighted by Crippen LogP contribution is 2.35. The second-order valence-corrected chi connectivity index (χ2v) is 7.06. The van der Waals surface area contributed by atoms with Gasteiger partial charge in [-0.3, -0.25) is 9.63 Å². The van der Waals surface area contributed by atoms with Crippen LogP contribution < -0.4 is 0 Å². The van der Waals surface area contributed by atoms with Crippen molar-refractivity contribution in [3.63, 3.8) is 0 Å². The maximum Gasteiger partial charge on any atom is 0.235 e. The number of amides is 1. The lowest BCUT2D eigenvalue weighted by Gasteiger charge is -2.52. The van der Waals surface area contributed by atoms with E-state index in [2.05, 4.69) is 13.0 Å². The summed E-state index contributed by atoms with van der Waals surface area (Å²) in [6.45, 7) is 4.38. The molecule has 120 valence electrons. The third-order valence-electron chi connectivity index (χ3n) is 4.67. The molecule has 7 heteroatoms. The van der Waals surface area contributed by atoms with E-state index in [-0.39, 0.29) is 18.1 Å². The smallest absolute Gasteiger partial charge is 0.235 e. The predicted octanol–water partition coefficient (Wildman–Crippen LogP) is 2.27. The number of hydrazine groups is 1. The predicted molar refractivity (Wildman–Crippen MR) is 83.5 cm³/mol. The van der Waals surface area contributed by atoms with Crippen LogP contribution in [0, 0.1) is 17.2 Å². The maximum absolute atomic E-state index is 12.2. The molecule has 1 unspecified atom stereocenters. The molecule has 0 radical (unpaired) electrons. The van der Waals surface area contributed by atoms with Gasteiger partial charge in [-0.05, 0) is 31.6 Å². The van der Waals surface area contributed by atoms with Gasteiger partial charge in [-0.25, -0.2) is 5.01 Å². The van der Waals surface area contributed by atoms with Crippen LogP contribution in [0.25, 0.3) is 0 Å². The van der Waals surface area contributed by atoms with Gasteiger partial charge in [-0.15, -0.1) is 11.8 Å². The summed E-state index contributed by atoms with van der Waals surface area (Å²) in [5.74, 6) is 1.49. The van der Waals surface area contributed by atoms with Crippen LogP contribution in [0.2, 0.25) is 0 Å². The van der Waals surface area contributed by atoms with E-state index >= 15 is 0 Å². The van der Waals surface area contributed by atoms with Crippen LogP contribution in [0.3, 0.4) is 0 Å². The van der Waals surface area contributed by atoms with E-state index in [1.807, 2.05) is 10.3 Å². The third-order valence-corrected chi connectivity index (χ3v) is 5.49. The molecule has 2 fully saturated rings. The molecule has 1 amide bonds. The number of allylic oxidation sites excluding steroid dienone is 1. The summed E-state index contributed by atoms with van der Waals surface area (Å²) in [6, 6.07) is 2.43. The maximum atomic E-state index is 12.2. The molecular formula is C15H22N4O2S. The summed E-state index contributed by atoms with van der Waals surface area (Å²) in [7, 11) is 0. The average molecular weight is 322 g/mol. The fourth-order valence-corrected chi connectivity index (χ4v) is 4.23. The lowest BCUT2D eigenvalue weighted by molar-refractivity contribution is -0.407. The first-order valence-electron chi connectivity index (χ1n) is 7.82. The molecule has 3 rings (SSSR count). The van der Waals surface area contributed by atoms with Crippen LogP contribution in [-0.4, -0.2) is 45.7 Å². The summed E-state index contributed by atoms with van der Waals surface area (Å²) < 4.78 is 0. The molecule has 2 aliphatic heterocycles. The molecule has 3 aliphatic rings. The molecule has 1 saturated heterocycles. The van der Waals surface area contributed by atoms with Crippen molar-refractivity contribution in [2.45, 2.75) is 51.7 Å². The van der Waals surface area contributed by atoms with Crippen molar-refractivity contribution >= 4 is 17.7 Å². The summed E-state index contributed by atoms with van der Waals surface area (Å²) in [5, 5.41) is 14.5. The molecule has 0 aromatic rings. The van der Waals surface area contributed by atoms with Crippen molar-refractivity contribution in [1.82, 2.24) is 15.1 Å². The number of carbonyl (C=O) groups excluding carboxylic acids is 1. The monoisotopic (exact) mass is 322 g/mol. The first-order valence-corrected chi connectivity index (χ1v) is 8.87. The topological polar surface area (TPSA) is 59.8 Å². The summed E-state index contributed by atoms with van der Waals surface area (Å²) in [5.41, 5.74) is 0.657. The normalized spacial score (nSPS) is 32.1. The highest BCUT2D eigenvalue weighted by atomic mass is 32.2. The van der Waals surface area contributed by atoms with Crippen molar-refractivity contribution in [2.75, 3.05) is 12.5 Å². The minimum Gasteiger partial charge on any atom is -0.331 e. The Balaban J connectivity index is 1.71. The molecule has 22 heavy (non-hydrogen) atoms.